The van der Waals surface area contributed by atoms with Crippen molar-refractivity contribution in [2.45, 2.75) is 39.0 Å². The fourth-order valence-electron chi connectivity index (χ4n) is 3.52. The lowest BCUT2D eigenvalue weighted by Gasteiger charge is -2.08. The number of aryl methyl sites for hydroxylation is 3. The summed E-state index contributed by atoms with van der Waals surface area (Å²) in [7, 11) is 0. The highest BCUT2D eigenvalue weighted by Crippen LogP contribution is 2.39. The van der Waals surface area contributed by atoms with Gasteiger partial charge in [-0.2, -0.15) is 0 Å². The first kappa shape index (κ1) is 16.8. The molecule has 0 unspecified atom stereocenters. The van der Waals surface area contributed by atoms with Gasteiger partial charge in [-0.1, -0.05) is 24.1 Å². The van der Waals surface area contributed by atoms with Gasteiger partial charge < -0.3 is 15.4 Å². The van der Waals surface area contributed by atoms with Crippen LogP contribution in [0.2, 0.25) is 0 Å². The topological polar surface area (TPSA) is 82.2 Å². The zero-order valence-electron chi connectivity index (χ0n) is 14.5. The molecule has 2 aromatic heterocycles. The smallest absolute Gasteiger partial charge is 0.265 e. The molecule has 0 atom stereocenters. The number of thiophene rings is 1. The van der Waals surface area contributed by atoms with Crippen LogP contribution >= 0.6 is 11.3 Å². The summed E-state index contributed by atoms with van der Waals surface area (Å²) in [5.41, 5.74) is 1.97. The molecule has 0 saturated carbocycles. The van der Waals surface area contributed by atoms with Crippen molar-refractivity contribution >= 4 is 33.1 Å². The molecule has 6 heteroatoms. The molecule has 1 aliphatic rings. The molecule has 0 fully saturated rings. The van der Waals surface area contributed by atoms with E-state index in [4.69, 9.17) is 0 Å². The third kappa shape index (κ3) is 2.90. The summed E-state index contributed by atoms with van der Waals surface area (Å²) >= 11 is 1.52. The molecule has 134 valence electrons. The Morgan fingerprint density at radius 2 is 1.88 bits per heavy atom. The van der Waals surface area contributed by atoms with Crippen molar-refractivity contribution in [1.82, 2.24) is 4.98 Å². The maximum absolute atomic E-state index is 12.7. The normalized spacial score (nSPS) is 14.0. The van der Waals surface area contributed by atoms with Crippen LogP contribution in [0.4, 0.5) is 5.69 Å². The van der Waals surface area contributed by atoms with Crippen LogP contribution in [-0.4, -0.2) is 16.0 Å². The molecule has 2 heterocycles. The number of aromatic hydroxyl groups is 1. The number of anilines is 1. The number of aromatic nitrogens is 1. The molecule has 0 saturated heterocycles. The molecular weight excluding hydrogens is 348 g/mol. The van der Waals surface area contributed by atoms with Gasteiger partial charge in [0.05, 0.1) is 5.39 Å². The van der Waals surface area contributed by atoms with E-state index >= 15 is 0 Å². The van der Waals surface area contributed by atoms with E-state index in [1.807, 2.05) is 19.1 Å². The summed E-state index contributed by atoms with van der Waals surface area (Å²) in [6.45, 7) is 1.96. The van der Waals surface area contributed by atoms with Crippen LogP contribution in [0.1, 0.15) is 45.6 Å². The summed E-state index contributed by atoms with van der Waals surface area (Å²) < 4.78 is 0. The molecule has 4 rings (SSSR count). The number of H-pyrrole nitrogens is 1. The molecule has 1 aliphatic carbocycles. The van der Waals surface area contributed by atoms with E-state index in [0.717, 1.165) is 43.2 Å². The van der Waals surface area contributed by atoms with Crippen LogP contribution in [0.25, 0.3) is 10.2 Å². The van der Waals surface area contributed by atoms with Gasteiger partial charge in [-0.3, -0.25) is 9.59 Å². The molecule has 0 bridgehead atoms. The van der Waals surface area contributed by atoms with Gasteiger partial charge in [0.25, 0.3) is 11.5 Å². The Balaban J connectivity index is 1.79. The van der Waals surface area contributed by atoms with E-state index in [9.17, 15) is 14.7 Å². The fourth-order valence-corrected chi connectivity index (χ4v) is 4.81. The zero-order chi connectivity index (χ0) is 18.3. The van der Waals surface area contributed by atoms with Crippen LogP contribution in [0.3, 0.4) is 0 Å². The summed E-state index contributed by atoms with van der Waals surface area (Å²) in [6, 6.07) is 7.30. The first-order chi connectivity index (χ1) is 12.5. The maximum atomic E-state index is 12.7. The SMILES string of the molecule is Cc1ccc(NC(=O)c2c(O)c3c4c(sc3[nH]c2=O)CCCCC4)cc1. The quantitative estimate of drug-likeness (QED) is 0.595. The predicted octanol–water partition coefficient (Wildman–Crippen LogP) is 4.12. The van der Waals surface area contributed by atoms with Gasteiger partial charge in [0.1, 0.15) is 16.1 Å². The van der Waals surface area contributed by atoms with E-state index in [1.165, 1.54) is 16.2 Å². The lowest BCUT2D eigenvalue weighted by Crippen LogP contribution is -2.23. The zero-order valence-corrected chi connectivity index (χ0v) is 15.3. The number of hydrogen-bond acceptors (Lipinski definition) is 4. The van der Waals surface area contributed by atoms with Gasteiger partial charge >= 0.3 is 0 Å². The Hall–Kier alpha value is -2.60. The van der Waals surface area contributed by atoms with Gasteiger partial charge in [0.15, 0.2) is 0 Å². The number of carbonyl (C=O) groups is 1. The number of amides is 1. The average Bonchev–Trinajstić information content (AvgIpc) is 2.78. The van der Waals surface area contributed by atoms with E-state index in [0.29, 0.717) is 15.9 Å². The van der Waals surface area contributed by atoms with Crippen LogP contribution in [-0.2, 0) is 12.8 Å². The third-order valence-corrected chi connectivity index (χ3v) is 6.09. The minimum atomic E-state index is -0.594. The summed E-state index contributed by atoms with van der Waals surface area (Å²) in [5, 5.41) is 14.1. The van der Waals surface area contributed by atoms with Crippen molar-refractivity contribution in [1.29, 1.82) is 0 Å². The second-order valence-electron chi connectivity index (χ2n) is 6.77. The molecule has 1 amide bonds. The summed E-state index contributed by atoms with van der Waals surface area (Å²) in [4.78, 5) is 29.8. The second kappa shape index (κ2) is 6.61. The molecular formula is C20H20N2O3S. The molecule has 3 aromatic rings. The number of pyridine rings is 1. The van der Waals surface area contributed by atoms with Crippen molar-refractivity contribution in [3.63, 3.8) is 0 Å². The van der Waals surface area contributed by atoms with Crippen LogP contribution in [0.5, 0.6) is 5.75 Å². The number of aromatic amines is 1. The maximum Gasteiger partial charge on any atom is 0.265 e. The fraction of sp³-hybridized carbons (Fsp3) is 0.300. The first-order valence-corrected chi connectivity index (χ1v) is 9.64. The number of nitrogens with one attached hydrogen (secondary N) is 2. The molecule has 3 N–H and O–H groups in total. The lowest BCUT2D eigenvalue weighted by atomic mass is 10.0. The molecule has 0 spiro atoms. The van der Waals surface area contributed by atoms with E-state index < -0.39 is 11.5 Å². The Bertz CT molecular complexity index is 1050. The summed E-state index contributed by atoms with van der Waals surface area (Å²) in [6.07, 6.45) is 5.16. The Morgan fingerprint density at radius 1 is 1.15 bits per heavy atom. The van der Waals surface area contributed by atoms with E-state index in [1.54, 1.807) is 12.1 Å². The Kier molecular flexibility index (Phi) is 4.28. The van der Waals surface area contributed by atoms with Crippen LogP contribution in [0, 0.1) is 6.92 Å². The average molecular weight is 368 g/mol. The monoisotopic (exact) mass is 368 g/mol. The highest BCUT2D eigenvalue weighted by Gasteiger charge is 2.25. The number of hydrogen-bond donors (Lipinski definition) is 3. The molecule has 26 heavy (non-hydrogen) atoms. The minimum absolute atomic E-state index is 0.201. The standard InChI is InChI=1S/C20H20N2O3S/c1-11-7-9-12(10-8-11)21-18(24)16-17(23)15-13-5-3-2-4-6-14(13)26-20(15)22-19(16)25/h7-10H,2-6H2,1H3,(H,21,24)(H2,22,23,25). The number of benzene rings is 1. The van der Waals surface area contributed by atoms with Crippen molar-refractivity contribution in [2.75, 3.05) is 5.32 Å². The third-order valence-electron chi connectivity index (χ3n) is 4.89. The van der Waals surface area contributed by atoms with Crippen molar-refractivity contribution in [2.24, 2.45) is 0 Å². The number of fused-ring (bicyclic) bond motifs is 3. The molecule has 0 aliphatic heterocycles. The van der Waals surface area contributed by atoms with Crippen molar-refractivity contribution < 1.29 is 9.90 Å². The molecule has 1 aromatic carbocycles. The van der Waals surface area contributed by atoms with Crippen LogP contribution < -0.4 is 10.9 Å². The van der Waals surface area contributed by atoms with Gasteiger partial charge in [-0.15, -0.1) is 11.3 Å². The van der Waals surface area contributed by atoms with Crippen molar-refractivity contribution in [3.05, 3.63) is 56.2 Å². The molecule has 5 nitrogen and oxygen atoms in total. The highest BCUT2D eigenvalue weighted by atomic mass is 32.1. The number of rotatable bonds is 2. The van der Waals surface area contributed by atoms with E-state index in [2.05, 4.69) is 10.3 Å². The van der Waals surface area contributed by atoms with Gasteiger partial charge in [0.2, 0.25) is 0 Å². The molecule has 0 radical (unpaired) electrons. The van der Waals surface area contributed by atoms with E-state index in [-0.39, 0.29) is 11.3 Å². The minimum Gasteiger partial charge on any atom is -0.506 e. The second-order valence-corrected chi connectivity index (χ2v) is 7.87. The van der Waals surface area contributed by atoms with Gasteiger partial charge in [-0.05, 0) is 50.3 Å². The van der Waals surface area contributed by atoms with Crippen molar-refractivity contribution in [3.8, 4) is 5.75 Å². The van der Waals surface area contributed by atoms with Gasteiger partial charge in [-0.25, -0.2) is 0 Å². The van der Waals surface area contributed by atoms with Gasteiger partial charge in [0, 0.05) is 10.6 Å². The number of carbonyl (C=O) groups excluding carboxylic acids is 1. The Morgan fingerprint density at radius 3 is 2.65 bits per heavy atom. The predicted molar refractivity (Wildman–Crippen MR) is 105 cm³/mol. The lowest BCUT2D eigenvalue weighted by molar-refractivity contribution is 0.102. The largest absolute Gasteiger partial charge is 0.506 e. The Labute approximate surface area is 154 Å². The highest BCUT2D eigenvalue weighted by molar-refractivity contribution is 7.18. The summed E-state index contributed by atoms with van der Waals surface area (Å²) in [5.74, 6) is -0.796. The van der Waals surface area contributed by atoms with Crippen LogP contribution in [0.15, 0.2) is 29.1 Å². The first-order valence-electron chi connectivity index (χ1n) is 8.82.